The highest BCUT2D eigenvalue weighted by Gasteiger charge is 2.26. The van der Waals surface area contributed by atoms with Crippen LogP contribution in [-0.4, -0.2) is 37.3 Å². The molecule has 9 heteroatoms. The number of carbonyl (C=O) groups is 2. The number of benzene rings is 2. The number of hydrogen-bond acceptors (Lipinski definition) is 6. The molecule has 0 radical (unpaired) electrons. The standard InChI is InChI=1S/C24H25ClN2O5S/c1-4-14(2)16-7-5-6-8-19(16)31-9-10-32-21-18(25)12-15(13-20(21)30-3)11-17-22(28)26-24(33)27-23(17)29/h5-8,11-14H,4,9-10H2,1-3H3,(H2,26,27,28,29,33)/t14-/m1/s1. The molecule has 0 aromatic heterocycles. The molecule has 1 fully saturated rings. The van der Waals surface area contributed by atoms with Crippen LogP contribution >= 0.6 is 23.8 Å². The molecule has 7 nitrogen and oxygen atoms in total. The van der Waals surface area contributed by atoms with E-state index in [-0.39, 0.29) is 22.3 Å². The molecule has 0 bridgehead atoms. The molecule has 3 rings (SSSR count). The van der Waals surface area contributed by atoms with Gasteiger partial charge in [-0.3, -0.25) is 20.2 Å². The number of nitrogens with one attached hydrogen (secondary N) is 2. The SMILES string of the molecule is CC[C@@H](C)c1ccccc1OCCOc1c(Cl)cc(C=C2C(=O)NC(=S)NC2=O)cc1OC. The molecule has 0 spiro atoms. The van der Waals surface area contributed by atoms with Crippen molar-refractivity contribution in [2.24, 2.45) is 0 Å². The number of carbonyl (C=O) groups excluding carboxylic acids is 2. The highest BCUT2D eigenvalue weighted by molar-refractivity contribution is 7.80. The predicted octanol–water partition coefficient (Wildman–Crippen LogP) is 4.23. The van der Waals surface area contributed by atoms with E-state index in [1.54, 1.807) is 12.1 Å². The van der Waals surface area contributed by atoms with Gasteiger partial charge in [-0.2, -0.15) is 0 Å². The number of halogens is 1. The van der Waals surface area contributed by atoms with Gasteiger partial charge in [0, 0.05) is 0 Å². The maximum absolute atomic E-state index is 12.1. The fourth-order valence-corrected chi connectivity index (χ4v) is 3.73. The molecule has 1 saturated heterocycles. The quantitative estimate of drug-likeness (QED) is 0.238. The molecular weight excluding hydrogens is 464 g/mol. The summed E-state index contributed by atoms with van der Waals surface area (Å²) in [6.07, 6.45) is 2.42. The number of hydrogen-bond donors (Lipinski definition) is 2. The topological polar surface area (TPSA) is 85.9 Å². The largest absolute Gasteiger partial charge is 0.493 e. The second kappa shape index (κ2) is 11.2. The Morgan fingerprint density at radius 2 is 1.73 bits per heavy atom. The molecule has 2 N–H and O–H groups in total. The molecule has 1 atom stereocenters. The monoisotopic (exact) mass is 488 g/mol. The molecule has 0 unspecified atom stereocenters. The van der Waals surface area contributed by atoms with Crippen LogP contribution in [-0.2, 0) is 9.59 Å². The summed E-state index contributed by atoms with van der Waals surface area (Å²) in [4.78, 5) is 24.1. The molecule has 0 saturated carbocycles. The van der Waals surface area contributed by atoms with Gasteiger partial charge in [-0.1, -0.05) is 43.6 Å². The number of methoxy groups -OCH3 is 1. The van der Waals surface area contributed by atoms with E-state index < -0.39 is 11.8 Å². The summed E-state index contributed by atoms with van der Waals surface area (Å²) in [7, 11) is 1.48. The van der Waals surface area contributed by atoms with Crippen molar-refractivity contribution in [3.63, 3.8) is 0 Å². The number of para-hydroxylation sites is 1. The summed E-state index contributed by atoms with van der Waals surface area (Å²) in [5, 5.41) is 5.01. The number of ether oxygens (including phenoxy) is 3. The van der Waals surface area contributed by atoms with Gasteiger partial charge in [0.2, 0.25) is 0 Å². The molecular formula is C24H25ClN2O5S. The molecule has 1 aliphatic heterocycles. The van der Waals surface area contributed by atoms with Crippen LogP contribution in [0.4, 0.5) is 0 Å². The number of amides is 2. The van der Waals surface area contributed by atoms with Crippen molar-refractivity contribution in [1.82, 2.24) is 10.6 Å². The molecule has 1 aliphatic rings. The van der Waals surface area contributed by atoms with Crippen LogP contribution < -0.4 is 24.8 Å². The third kappa shape index (κ3) is 6.03. The maximum Gasteiger partial charge on any atom is 0.263 e. The van der Waals surface area contributed by atoms with E-state index in [0.29, 0.717) is 29.6 Å². The first-order valence-electron chi connectivity index (χ1n) is 10.4. The van der Waals surface area contributed by atoms with Gasteiger partial charge in [-0.25, -0.2) is 0 Å². The van der Waals surface area contributed by atoms with E-state index in [1.165, 1.54) is 13.2 Å². The van der Waals surface area contributed by atoms with E-state index >= 15 is 0 Å². The summed E-state index contributed by atoms with van der Waals surface area (Å²) >= 11 is 11.2. The zero-order valence-corrected chi connectivity index (χ0v) is 20.1. The van der Waals surface area contributed by atoms with Crippen molar-refractivity contribution >= 4 is 46.8 Å². The first kappa shape index (κ1) is 24.5. The Bertz CT molecular complexity index is 1080. The summed E-state index contributed by atoms with van der Waals surface area (Å²) in [6.45, 7) is 4.86. The second-order valence-corrected chi connectivity index (χ2v) is 8.19. The molecule has 2 aromatic rings. The van der Waals surface area contributed by atoms with Gasteiger partial charge in [-0.15, -0.1) is 0 Å². The van der Waals surface area contributed by atoms with E-state index in [1.807, 2.05) is 18.2 Å². The summed E-state index contributed by atoms with van der Waals surface area (Å²) in [5.41, 5.74) is 1.56. The fourth-order valence-electron chi connectivity index (χ4n) is 3.27. The minimum Gasteiger partial charge on any atom is -0.493 e. The Balaban J connectivity index is 1.70. The third-order valence-corrected chi connectivity index (χ3v) is 5.64. The second-order valence-electron chi connectivity index (χ2n) is 7.37. The third-order valence-electron chi connectivity index (χ3n) is 5.16. The van der Waals surface area contributed by atoms with E-state index in [4.69, 9.17) is 38.0 Å². The lowest BCUT2D eigenvalue weighted by Crippen LogP contribution is -2.51. The van der Waals surface area contributed by atoms with E-state index in [0.717, 1.165) is 17.7 Å². The molecule has 2 aromatic carbocycles. The van der Waals surface area contributed by atoms with Gasteiger partial charge >= 0.3 is 0 Å². The van der Waals surface area contributed by atoms with Gasteiger partial charge in [-0.05, 0) is 60.0 Å². The Hall–Kier alpha value is -3.10. The van der Waals surface area contributed by atoms with Crippen molar-refractivity contribution in [1.29, 1.82) is 0 Å². The first-order valence-corrected chi connectivity index (χ1v) is 11.2. The van der Waals surface area contributed by atoms with Crippen LogP contribution in [0.1, 0.15) is 37.3 Å². The van der Waals surface area contributed by atoms with Crippen molar-refractivity contribution in [2.75, 3.05) is 20.3 Å². The zero-order chi connectivity index (χ0) is 24.0. The number of rotatable bonds is 9. The smallest absolute Gasteiger partial charge is 0.263 e. The summed E-state index contributed by atoms with van der Waals surface area (Å²) in [5.74, 6) is 0.754. The van der Waals surface area contributed by atoms with Gasteiger partial charge in [0.05, 0.1) is 12.1 Å². The lowest BCUT2D eigenvalue weighted by atomic mass is 9.98. The average molecular weight is 489 g/mol. The van der Waals surface area contributed by atoms with Crippen molar-refractivity contribution in [2.45, 2.75) is 26.2 Å². The zero-order valence-electron chi connectivity index (χ0n) is 18.6. The van der Waals surface area contributed by atoms with E-state index in [9.17, 15) is 9.59 Å². The van der Waals surface area contributed by atoms with Crippen molar-refractivity contribution in [3.05, 3.63) is 58.1 Å². The van der Waals surface area contributed by atoms with Crippen molar-refractivity contribution < 1.29 is 23.8 Å². The fraction of sp³-hybridized carbons (Fsp3) is 0.292. The highest BCUT2D eigenvalue weighted by Crippen LogP contribution is 2.37. The average Bonchev–Trinajstić information content (AvgIpc) is 2.79. The minimum atomic E-state index is -0.589. The van der Waals surface area contributed by atoms with Crippen LogP contribution in [0.3, 0.4) is 0 Å². The highest BCUT2D eigenvalue weighted by atomic mass is 35.5. The minimum absolute atomic E-state index is 0.0319. The Labute approximate surface area is 203 Å². The predicted molar refractivity (Wildman–Crippen MR) is 131 cm³/mol. The molecule has 33 heavy (non-hydrogen) atoms. The Morgan fingerprint density at radius 1 is 1.06 bits per heavy atom. The van der Waals surface area contributed by atoms with Gasteiger partial charge in [0.25, 0.3) is 11.8 Å². The van der Waals surface area contributed by atoms with Gasteiger partial charge < -0.3 is 14.2 Å². The lowest BCUT2D eigenvalue weighted by molar-refractivity contribution is -0.123. The van der Waals surface area contributed by atoms with Gasteiger partial charge in [0.1, 0.15) is 24.5 Å². The van der Waals surface area contributed by atoms with Crippen LogP contribution in [0.2, 0.25) is 5.02 Å². The van der Waals surface area contributed by atoms with Gasteiger partial charge in [0.15, 0.2) is 16.6 Å². The molecule has 0 aliphatic carbocycles. The van der Waals surface area contributed by atoms with Crippen molar-refractivity contribution in [3.8, 4) is 17.2 Å². The Morgan fingerprint density at radius 3 is 2.39 bits per heavy atom. The normalized spacial score (nSPS) is 14.3. The number of thiocarbonyl (C=S) groups is 1. The molecule has 174 valence electrons. The summed E-state index contributed by atoms with van der Waals surface area (Å²) < 4.78 is 17.2. The lowest BCUT2D eigenvalue weighted by Gasteiger charge is -2.18. The summed E-state index contributed by atoms with van der Waals surface area (Å²) in [6, 6.07) is 11.2. The first-order chi connectivity index (χ1) is 15.8. The Kier molecular flexibility index (Phi) is 8.30. The van der Waals surface area contributed by atoms with Crippen LogP contribution in [0, 0.1) is 0 Å². The van der Waals surface area contributed by atoms with Crippen LogP contribution in [0.5, 0.6) is 17.2 Å². The van der Waals surface area contributed by atoms with Crippen LogP contribution in [0.25, 0.3) is 6.08 Å². The molecule has 1 heterocycles. The molecule has 2 amide bonds. The van der Waals surface area contributed by atoms with Crippen LogP contribution in [0.15, 0.2) is 42.0 Å². The van der Waals surface area contributed by atoms with E-state index in [2.05, 4.69) is 30.5 Å². The maximum atomic E-state index is 12.1.